The summed E-state index contributed by atoms with van der Waals surface area (Å²) in [5.41, 5.74) is 2.59. The molecule has 3 aliphatic heterocycles. The van der Waals surface area contributed by atoms with Gasteiger partial charge in [-0.25, -0.2) is 9.79 Å². The van der Waals surface area contributed by atoms with E-state index in [1.807, 2.05) is 4.90 Å². The number of carbonyl (C=O) groups is 2. The Kier molecular flexibility index (Phi) is 5.92. The fraction of sp³-hybridized carbons (Fsp3) is 0.571. The molecular formula is C21H30N6O3. The number of nitrogens with one attached hydrogen (secondary N) is 1. The number of ether oxygens (including phenoxy) is 1. The number of carbonyl (C=O) groups excluding carboxylic acids is 2. The molecule has 2 fully saturated rings. The van der Waals surface area contributed by atoms with E-state index in [0.29, 0.717) is 13.2 Å². The summed E-state index contributed by atoms with van der Waals surface area (Å²) >= 11 is 0. The number of hydrogen-bond acceptors (Lipinski definition) is 7. The zero-order valence-electron chi connectivity index (χ0n) is 17.9. The zero-order chi connectivity index (χ0) is 21.3. The quantitative estimate of drug-likeness (QED) is 0.747. The number of nitrogens with zero attached hydrogens (tertiary/aromatic N) is 5. The van der Waals surface area contributed by atoms with Crippen LogP contribution in [0.25, 0.3) is 0 Å². The van der Waals surface area contributed by atoms with Crippen LogP contribution in [0.1, 0.15) is 11.1 Å². The second-order valence-electron chi connectivity index (χ2n) is 8.13. The van der Waals surface area contributed by atoms with Crippen LogP contribution in [-0.4, -0.2) is 103 Å². The average molecular weight is 415 g/mol. The third-order valence-electron chi connectivity index (χ3n) is 6.06. The Morgan fingerprint density at radius 1 is 1.13 bits per heavy atom. The predicted octanol–water partition coefficient (Wildman–Crippen LogP) is 0.307. The van der Waals surface area contributed by atoms with Crippen molar-refractivity contribution in [1.29, 1.82) is 0 Å². The number of guanidine groups is 1. The maximum Gasteiger partial charge on any atom is 0.325 e. The van der Waals surface area contributed by atoms with Gasteiger partial charge >= 0.3 is 6.03 Å². The standard InChI is InChI=1S/C21H30N6O3/c1-15-4-6-16(7-5-15)14-25-8-10-26(11-9-25)20-22-18-17(27(20)12-13-30-3)19(28)23-21(29)24(18)2/h4-7,17-18H,8-14H2,1-3H3,(H,23,28,29). The molecule has 3 heterocycles. The summed E-state index contributed by atoms with van der Waals surface area (Å²) in [5, 5.41) is 2.43. The Morgan fingerprint density at radius 2 is 1.83 bits per heavy atom. The number of aliphatic imine (C=N–C) groups is 1. The first-order valence-corrected chi connectivity index (χ1v) is 10.4. The van der Waals surface area contributed by atoms with Crippen molar-refractivity contribution >= 4 is 17.9 Å². The van der Waals surface area contributed by atoms with Gasteiger partial charge in [0.2, 0.25) is 0 Å². The van der Waals surface area contributed by atoms with Gasteiger partial charge in [0.1, 0.15) is 0 Å². The molecule has 2 saturated heterocycles. The molecule has 4 rings (SSSR count). The first-order valence-electron chi connectivity index (χ1n) is 10.4. The van der Waals surface area contributed by atoms with Crippen LogP contribution in [0.3, 0.4) is 0 Å². The van der Waals surface area contributed by atoms with E-state index in [4.69, 9.17) is 9.73 Å². The van der Waals surface area contributed by atoms with Gasteiger partial charge < -0.3 is 19.4 Å². The monoisotopic (exact) mass is 414 g/mol. The minimum atomic E-state index is -0.511. The molecule has 2 unspecified atom stereocenters. The van der Waals surface area contributed by atoms with Crippen LogP contribution in [0.2, 0.25) is 0 Å². The Morgan fingerprint density at radius 3 is 2.50 bits per heavy atom. The Labute approximate surface area is 177 Å². The van der Waals surface area contributed by atoms with E-state index in [-0.39, 0.29) is 5.91 Å². The van der Waals surface area contributed by atoms with E-state index in [9.17, 15) is 9.59 Å². The molecule has 2 atom stereocenters. The molecule has 3 amide bonds. The number of likely N-dealkylation sites (N-methyl/N-ethyl adjacent to an activating group) is 1. The van der Waals surface area contributed by atoms with Crippen molar-refractivity contribution in [3.05, 3.63) is 35.4 Å². The van der Waals surface area contributed by atoms with Crippen molar-refractivity contribution in [3.63, 3.8) is 0 Å². The average Bonchev–Trinajstić information content (AvgIpc) is 3.13. The molecule has 0 saturated carbocycles. The lowest BCUT2D eigenvalue weighted by molar-refractivity contribution is -0.127. The van der Waals surface area contributed by atoms with E-state index in [1.54, 1.807) is 14.2 Å². The number of piperazine rings is 1. The lowest BCUT2D eigenvalue weighted by atomic mass is 10.1. The van der Waals surface area contributed by atoms with Gasteiger partial charge in [-0.15, -0.1) is 0 Å². The van der Waals surface area contributed by atoms with Crippen LogP contribution in [0.4, 0.5) is 4.79 Å². The minimum Gasteiger partial charge on any atom is -0.383 e. The SMILES string of the molecule is COCCN1C(N2CCN(Cc3ccc(C)cc3)CC2)=NC2C1C(=O)NC(=O)N2C. The second-order valence-corrected chi connectivity index (χ2v) is 8.13. The molecule has 0 aliphatic carbocycles. The Bertz CT molecular complexity index is 819. The molecule has 3 aliphatic rings. The summed E-state index contributed by atoms with van der Waals surface area (Å²) in [6, 6.07) is 7.76. The fourth-order valence-electron chi connectivity index (χ4n) is 4.26. The summed E-state index contributed by atoms with van der Waals surface area (Å²) in [4.78, 5) is 37.6. The molecule has 0 radical (unpaired) electrons. The lowest BCUT2D eigenvalue weighted by Gasteiger charge is -2.40. The Hall–Kier alpha value is -2.65. The highest BCUT2D eigenvalue weighted by atomic mass is 16.5. The maximum absolute atomic E-state index is 12.6. The van der Waals surface area contributed by atoms with Gasteiger partial charge in [-0.2, -0.15) is 0 Å². The van der Waals surface area contributed by atoms with Gasteiger partial charge in [0, 0.05) is 53.4 Å². The van der Waals surface area contributed by atoms with Crippen LogP contribution in [-0.2, 0) is 16.1 Å². The highest BCUT2D eigenvalue weighted by molar-refractivity contribution is 6.03. The number of aryl methyl sites for hydroxylation is 1. The summed E-state index contributed by atoms with van der Waals surface area (Å²) in [6.45, 7) is 7.56. The van der Waals surface area contributed by atoms with Gasteiger partial charge in [0.05, 0.1) is 6.61 Å². The van der Waals surface area contributed by atoms with Crippen molar-refractivity contribution in [3.8, 4) is 0 Å². The number of rotatable bonds is 5. The molecule has 30 heavy (non-hydrogen) atoms. The third kappa shape index (κ3) is 3.99. The fourth-order valence-corrected chi connectivity index (χ4v) is 4.26. The number of benzene rings is 1. The topological polar surface area (TPSA) is 80.7 Å². The molecule has 0 aromatic heterocycles. The largest absolute Gasteiger partial charge is 0.383 e. The van der Waals surface area contributed by atoms with Gasteiger partial charge in [0.15, 0.2) is 18.2 Å². The predicted molar refractivity (Wildman–Crippen MR) is 113 cm³/mol. The number of urea groups is 1. The van der Waals surface area contributed by atoms with Gasteiger partial charge in [-0.3, -0.25) is 15.0 Å². The number of hydrogen-bond donors (Lipinski definition) is 1. The molecule has 0 spiro atoms. The van der Waals surface area contributed by atoms with Crippen molar-refractivity contribution in [2.75, 3.05) is 53.5 Å². The molecule has 1 aromatic rings. The lowest BCUT2D eigenvalue weighted by Crippen LogP contribution is -2.65. The van der Waals surface area contributed by atoms with Crippen LogP contribution < -0.4 is 5.32 Å². The van der Waals surface area contributed by atoms with E-state index in [2.05, 4.69) is 46.3 Å². The van der Waals surface area contributed by atoms with E-state index in [1.165, 1.54) is 16.0 Å². The smallest absolute Gasteiger partial charge is 0.325 e. The zero-order valence-corrected chi connectivity index (χ0v) is 17.9. The number of amides is 3. The van der Waals surface area contributed by atoms with Gasteiger partial charge in [-0.1, -0.05) is 29.8 Å². The van der Waals surface area contributed by atoms with Crippen molar-refractivity contribution in [1.82, 2.24) is 24.9 Å². The summed E-state index contributed by atoms with van der Waals surface area (Å²) in [7, 11) is 3.32. The summed E-state index contributed by atoms with van der Waals surface area (Å²) in [5.74, 6) is 0.490. The molecule has 9 nitrogen and oxygen atoms in total. The normalized spacial score (nSPS) is 24.8. The molecule has 1 aromatic carbocycles. The summed E-state index contributed by atoms with van der Waals surface area (Å²) < 4.78 is 5.26. The van der Waals surface area contributed by atoms with Crippen LogP contribution in [0.5, 0.6) is 0 Å². The van der Waals surface area contributed by atoms with Crippen molar-refractivity contribution in [2.45, 2.75) is 25.7 Å². The van der Waals surface area contributed by atoms with Crippen molar-refractivity contribution < 1.29 is 14.3 Å². The first-order chi connectivity index (χ1) is 14.5. The van der Waals surface area contributed by atoms with E-state index in [0.717, 1.165) is 38.7 Å². The van der Waals surface area contributed by atoms with Crippen LogP contribution in [0.15, 0.2) is 29.3 Å². The maximum atomic E-state index is 12.6. The molecular weight excluding hydrogens is 384 g/mol. The second kappa shape index (κ2) is 8.61. The van der Waals surface area contributed by atoms with Gasteiger partial charge in [0.25, 0.3) is 5.91 Å². The number of fused-ring (bicyclic) bond motifs is 1. The first kappa shape index (κ1) is 20.6. The van der Waals surface area contributed by atoms with E-state index >= 15 is 0 Å². The van der Waals surface area contributed by atoms with Crippen LogP contribution >= 0.6 is 0 Å². The van der Waals surface area contributed by atoms with Crippen molar-refractivity contribution in [2.24, 2.45) is 4.99 Å². The molecule has 162 valence electrons. The Balaban J connectivity index is 1.44. The summed E-state index contributed by atoms with van der Waals surface area (Å²) in [6.07, 6.45) is -0.497. The molecule has 9 heteroatoms. The number of imide groups is 1. The third-order valence-corrected chi connectivity index (χ3v) is 6.06. The molecule has 1 N–H and O–H groups in total. The van der Waals surface area contributed by atoms with Gasteiger partial charge in [-0.05, 0) is 12.5 Å². The molecule has 0 bridgehead atoms. The highest BCUT2D eigenvalue weighted by Gasteiger charge is 2.49. The van der Waals surface area contributed by atoms with E-state index < -0.39 is 18.2 Å². The number of methoxy groups -OCH3 is 1. The van der Waals surface area contributed by atoms with Crippen LogP contribution in [0, 0.1) is 6.92 Å². The highest BCUT2D eigenvalue weighted by Crippen LogP contribution is 2.26. The minimum absolute atomic E-state index is 0.295.